The zero-order valence-corrected chi connectivity index (χ0v) is 14.8. The van der Waals surface area contributed by atoms with Crippen LogP contribution in [0.2, 0.25) is 0 Å². The fourth-order valence-electron chi connectivity index (χ4n) is 3.96. The van der Waals surface area contributed by atoms with Crippen molar-refractivity contribution in [2.75, 3.05) is 44.2 Å². The van der Waals surface area contributed by atoms with Gasteiger partial charge in [-0.1, -0.05) is 12.1 Å². The van der Waals surface area contributed by atoms with E-state index < -0.39 is 6.09 Å². The van der Waals surface area contributed by atoms with Gasteiger partial charge in [-0.05, 0) is 18.6 Å². The van der Waals surface area contributed by atoms with E-state index in [1.54, 1.807) is 12.3 Å². The molecule has 27 heavy (non-hydrogen) atoms. The number of benzene rings is 1. The summed E-state index contributed by atoms with van der Waals surface area (Å²) in [5.74, 6) is -0.556. The fraction of sp³-hybridized carbons (Fsp3) is 0.421. The number of carboxylic acid groups (broad SMARTS) is 1. The van der Waals surface area contributed by atoms with E-state index in [2.05, 4.69) is 9.88 Å². The molecule has 0 aliphatic carbocycles. The van der Waals surface area contributed by atoms with Crippen molar-refractivity contribution in [3.05, 3.63) is 36.3 Å². The standard InChI is InChI=1S/C19H21FN4O3/c20-15-3-1-2-14-16(4-6-21-17(14)15)22-8-10-23(11-9-22)18(25)13-5-7-24(12-13)19(26)27/h1-4,6,13H,5,7-12H2,(H,26,27). The first-order valence-electron chi connectivity index (χ1n) is 9.09. The number of aromatic nitrogens is 1. The number of carbonyl (C=O) groups excluding carboxylic acids is 1. The van der Waals surface area contributed by atoms with Gasteiger partial charge in [-0.3, -0.25) is 9.78 Å². The van der Waals surface area contributed by atoms with Gasteiger partial charge in [0.15, 0.2) is 0 Å². The van der Waals surface area contributed by atoms with Crippen LogP contribution in [0.25, 0.3) is 10.9 Å². The minimum atomic E-state index is -0.966. The Kier molecular flexibility index (Phi) is 4.55. The fourth-order valence-corrected chi connectivity index (χ4v) is 3.96. The highest BCUT2D eigenvalue weighted by molar-refractivity contribution is 5.92. The van der Waals surface area contributed by atoms with Gasteiger partial charge in [0, 0.05) is 56.5 Å². The minimum Gasteiger partial charge on any atom is -0.465 e. The van der Waals surface area contributed by atoms with Crippen molar-refractivity contribution >= 4 is 28.6 Å². The molecule has 2 amide bonds. The summed E-state index contributed by atoms with van der Waals surface area (Å²) in [6.07, 6.45) is 1.23. The molecule has 7 nitrogen and oxygen atoms in total. The van der Waals surface area contributed by atoms with E-state index in [1.165, 1.54) is 11.0 Å². The number of rotatable bonds is 2. The number of hydrogen-bond acceptors (Lipinski definition) is 4. The number of anilines is 1. The van der Waals surface area contributed by atoms with Crippen molar-refractivity contribution in [2.24, 2.45) is 5.92 Å². The van der Waals surface area contributed by atoms with Crippen LogP contribution >= 0.6 is 0 Å². The molecule has 1 aromatic carbocycles. The molecule has 4 rings (SSSR count). The van der Waals surface area contributed by atoms with E-state index in [4.69, 9.17) is 5.11 Å². The number of piperazine rings is 1. The summed E-state index contributed by atoms with van der Waals surface area (Å²) in [6.45, 7) is 3.14. The van der Waals surface area contributed by atoms with E-state index in [0.29, 0.717) is 44.7 Å². The van der Waals surface area contributed by atoms with Crippen molar-refractivity contribution in [1.29, 1.82) is 0 Å². The first-order chi connectivity index (χ1) is 13.0. The molecule has 1 atom stereocenters. The van der Waals surface area contributed by atoms with Gasteiger partial charge in [-0.2, -0.15) is 0 Å². The number of fused-ring (bicyclic) bond motifs is 1. The molecule has 1 unspecified atom stereocenters. The first kappa shape index (κ1) is 17.5. The predicted molar refractivity (Wildman–Crippen MR) is 98.2 cm³/mol. The second-order valence-corrected chi connectivity index (χ2v) is 6.99. The molecule has 0 radical (unpaired) electrons. The molecule has 3 heterocycles. The Balaban J connectivity index is 1.43. The lowest BCUT2D eigenvalue weighted by Gasteiger charge is -2.37. The predicted octanol–water partition coefficient (Wildman–Crippen LogP) is 2.02. The third-order valence-corrected chi connectivity index (χ3v) is 5.44. The Morgan fingerprint density at radius 2 is 1.85 bits per heavy atom. The van der Waals surface area contributed by atoms with Crippen molar-refractivity contribution in [2.45, 2.75) is 6.42 Å². The third-order valence-electron chi connectivity index (χ3n) is 5.44. The molecule has 1 aromatic heterocycles. The molecule has 142 valence electrons. The van der Waals surface area contributed by atoms with Gasteiger partial charge in [-0.15, -0.1) is 0 Å². The van der Waals surface area contributed by atoms with Gasteiger partial charge in [0.2, 0.25) is 5.91 Å². The summed E-state index contributed by atoms with van der Waals surface area (Å²) in [5, 5.41) is 9.82. The third kappa shape index (κ3) is 3.27. The lowest BCUT2D eigenvalue weighted by Crippen LogP contribution is -2.50. The molecule has 1 N–H and O–H groups in total. The molecule has 0 bridgehead atoms. The average molecular weight is 372 g/mol. The Morgan fingerprint density at radius 1 is 1.07 bits per heavy atom. The Morgan fingerprint density at radius 3 is 2.56 bits per heavy atom. The molecule has 2 aromatic rings. The average Bonchev–Trinajstić information content (AvgIpc) is 3.18. The highest BCUT2D eigenvalue weighted by Gasteiger charge is 2.34. The van der Waals surface area contributed by atoms with Gasteiger partial charge < -0.3 is 19.8 Å². The first-order valence-corrected chi connectivity index (χ1v) is 9.09. The highest BCUT2D eigenvalue weighted by Crippen LogP contribution is 2.28. The molecule has 2 aliphatic rings. The molecule has 2 saturated heterocycles. The quantitative estimate of drug-likeness (QED) is 0.873. The second kappa shape index (κ2) is 7.02. The van der Waals surface area contributed by atoms with Gasteiger partial charge in [0.1, 0.15) is 11.3 Å². The van der Waals surface area contributed by atoms with Gasteiger partial charge in [0.05, 0.1) is 5.92 Å². The van der Waals surface area contributed by atoms with Crippen LogP contribution in [-0.4, -0.2) is 71.2 Å². The number of nitrogens with zero attached hydrogens (tertiary/aromatic N) is 4. The minimum absolute atomic E-state index is 0.0315. The normalized spacial score (nSPS) is 20.3. The monoisotopic (exact) mass is 372 g/mol. The maximum absolute atomic E-state index is 14.0. The Hall–Kier alpha value is -2.90. The van der Waals surface area contributed by atoms with Crippen LogP contribution in [0.1, 0.15) is 6.42 Å². The number of halogens is 1. The summed E-state index contributed by atoms with van der Waals surface area (Å²) in [7, 11) is 0. The van der Waals surface area contributed by atoms with E-state index in [0.717, 1.165) is 11.1 Å². The summed E-state index contributed by atoms with van der Waals surface area (Å²) >= 11 is 0. The zero-order chi connectivity index (χ0) is 19.0. The summed E-state index contributed by atoms with van der Waals surface area (Å²) in [5.41, 5.74) is 1.28. The summed E-state index contributed by atoms with van der Waals surface area (Å²) in [4.78, 5) is 33.1. The van der Waals surface area contributed by atoms with Crippen LogP contribution in [0.4, 0.5) is 14.9 Å². The number of amides is 2. The topological polar surface area (TPSA) is 77.0 Å². The van der Waals surface area contributed by atoms with Crippen LogP contribution < -0.4 is 4.90 Å². The molecular weight excluding hydrogens is 351 g/mol. The maximum atomic E-state index is 14.0. The van der Waals surface area contributed by atoms with Gasteiger partial charge >= 0.3 is 6.09 Å². The number of carbonyl (C=O) groups is 2. The molecule has 2 fully saturated rings. The van der Waals surface area contributed by atoms with E-state index in [-0.39, 0.29) is 24.2 Å². The number of pyridine rings is 1. The second-order valence-electron chi connectivity index (χ2n) is 6.99. The van der Waals surface area contributed by atoms with Crippen LogP contribution in [-0.2, 0) is 4.79 Å². The van der Waals surface area contributed by atoms with Crippen LogP contribution in [0, 0.1) is 11.7 Å². The SMILES string of the molecule is O=C(O)N1CCC(C(=O)N2CCN(c3ccnc4c(F)cccc34)CC2)C1. The lowest BCUT2D eigenvalue weighted by atomic mass is 10.1. The smallest absolute Gasteiger partial charge is 0.407 e. The van der Waals surface area contributed by atoms with Crippen molar-refractivity contribution in [3.8, 4) is 0 Å². The van der Waals surface area contributed by atoms with E-state index >= 15 is 0 Å². The Bertz CT molecular complexity index is 882. The van der Waals surface area contributed by atoms with Crippen molar-refractivity contribution < 1.29 is 19.1 Å². The molecule has 2 aliphatic heterocycles. The van der Waals surface area contributed by atoms with Gasteiger partial charge in [-0.25, -0.2) is 9.18 Å². The van der Waals surface area contributed by atoms with Crippen LogP contribution in [0.5, 0.6) is 0 Å². The number of hydrogen-bond donors (Lipinski definition) is 1. The van der Waals surface area contributed by atoms with Crippen LogP contribution in [0.3, 0.4) is 0 Å². The molecular formula is C19H21FN4O3. The van der Waals surface area contributed by atoms with Crippen molar-refractivity contribution in [1.82, 2.24) is 14.8 Å². The summed E-state index contributed by atoms with van der Waals surface area (Å²) in [6, 6.07) is 6.81. The molecule has 0 saturated carbocycles. The molecule has 8 heteroatoms. The van der Waals surface area contributed by atoms with Gasteiger partial charge in [0.25, 0.3) is 0 Å². The van der Waals surface area contributed by atoms with E-state index in [1.807, 2.05) is 17.0 Å². The number of likely N-dealkylation sites (tertiary alicyclic amines) is 1. The van der Waals surface area contributed by atoms with E-state index in [9.17, 15) is 14.0 Å². The Labute approximate surface area is 156 Å². The number of para-hydroxylation sites is 1. The summed E-state index contributed by atoms with van der Waals surface area (Å²) < 4.78 is 14.0. The zero-order valence-electron chi connectivity index (χ0n) is 14.8. The maximum Gasteiger partial charge on any atom is 0.407 e. The largest absolute Gasteiger partial charge is 0.465 e. The highest BCUT2D eigenvalue weighted by atomic mass is 19.1. The molecule has 0 spiro atoms. The van der Waals surface area contributed by atoms with Crippen molar-refractivity contribution in [3.63, 3.8) is 0 Å². The van der Waals surface area contributed by atoms with Crippen LogP contribution in [0.15, 0.2) is 30.5 Å². The lowest BCUT2D eigenvalue weighted by molar-refractivity contribution is -0.135.